The van der Waals surface area contributed by atoms with E-state index in [1.54, 1.807) is 6.33 Å². The Balaban J connectivity index is 2.23. The lowest BCUT2D eigenvalue weighted by Crippen LogP contribution is -2.28. The van der Waals surface area contributed by atoms with Crippen molar-refractivity contribution in [2.45, 2.75) is 25.8 Å². The van der Waals surface area contributed by atoms with Crippen LogP contribution in [0.25, 0.3) is 0 Å². The largest absolute Gasteiger partial charge is 0.321 e. The van der Waals surface area contributed by atoms with Gasteiger partial charge >= 0.3 is 0 Å². The molecule has 1 N–H and O–H groups in total. The molecule has 0 aliphatic rings. The second kappa shape index (κ2) is 5.35. The summed E-state index contributed by atoms with van der Waals surface area (Å²) in [5.41, 5.74) is 0. The highest BCUT2D eigenvalue weighted by molar-refractivity contribution is 4.86. The summed E-state index contributed by atoms with van der Waals surface area (Å²) < 4.78 is 1.90. The maximum absolute atomic E-state index is 8.45. The van der Waals surface area contributed by atoms with Crippen LogP contribution >= 0.6 is 0 Å². The number of hydrogen-bond acceptors (Lipinski definition) is 4. The van der Waals surface area contributed by atoms with Crippen LogP contribution in [0.15, 0.2) is 6.33 Å². The van der Waals surface area contributed by atoms with E-state index in [2.05, 4.69) is 21.6 Å². The maximum Gasteiger partial charge on any atom is 0.133 e. The summed E-state index contributed by atoms with van der Waals surface area (Å²) in [5, 5.41) is 19.4. The van der Waals surface area contributed by atoms with Gasteiger partial charge in [-0.1, -0.05) is 0 Å². The smallest absolute Gasteiger partial charge is 0.133 e. The molecule has 0 saturated heterocycles. The third-order valence-corrected chi connectivity index (χ3v) is 2.04. The Labute approximate surface area is 83.8 Å². The number of aryl methyl sites for hydroxylation is 1. The molecule has 1 rings (SSSR count). The van der Waals surface area contributed by atoms with E-state index in [0.29, 0.717) is 6.42 Å². The second-order valence-electron chi connectivity index (χ2n) is 3.33. The van der Waals surface area contributed by atoms with Crippen molar-refractivity contribution in [3.8, 4) is 6.07 Å². The summed E-state index contributed by atoms with van der Waals surface area (Å²) in [6.07, 6.45) is 3.07. The number of hydrogen-bond donors (Lipinski definition) is 1. The zero-order valence-electron chi connectivity index (χ0n) is 8.56. The topological polar surface area (TPSA) is 66.5 Å². The van der Waals surface area contributed by atoms with Crippen LogP contribution in [-0.2, 0) is 13.5 Å². The Hall–Kier alpha value is -1.41. The third kappa shape index (κ3) is 3.15. The van der Waals surface area contributed by atoms with Gasteiger partial charge in [0.25, 0.3) is 0 Å². The lowest BCUT2D eigenvalue weighted by molar-refractivity contribution is 0.550. The molecule has 1 aromatic heterocycles. The molecule has 5 nitrogen and oxygen atoms in total. The van der Waals surface area contributed by atoms with E-state index in [0.717, 1.165) is 18.8 Å². The van der Waals surface area contributed by atoms with Crippen LogP contribution in [0.4, 0.5) is 0 Å². The van der Waals surface area contributed by atoms with Crippen molar-refractivity contribution >= 4 is 0 Å². The third-order valence-electron chi connectivity index (χ3n) is 2.04. The molecule has 0 fully saturated rings. The van der Waals surface area contributed by atoms with Gasteiger partial charge in [0.15, 0.2) is 0 Å². The highest BCUT2D eigenvalue weighted by Crippen LogP contribution is 1.93. The van der Waals surface area contributed by atoms with E-state index in [-0.39, 0.29) is 6.04 Å². The van der Waals surface area contributed by atoms with Gasteiger partial charge in [-0.25, -0.2) is 0 Å². The number of aromatic nitrogens is 3. The van der Waals surface area contributed by atoms with Crippen LogP contribution in [0.1, 0.15) is 19.2 Å². The summed E-state index contributed by atoms with van der Waals surface area (Å²) in [7, 11) is 1.92. The first kappa shape index (κ1) is 10.7. The monoisotopic (exact) mass is 193 g/mol. The number of nitrogens with zero attached hydrogens (tertiary/aromatic N) is 4. The summed E-state index contributed by atoms with van der Waals surface area (Å²) in [6.45, 7) is 2.83. The van der Waals surface area contributed by atoms with Gasteiger partial charge in [0.2, 0.25) is 0 Å². The Bertz CT molecular complexity index is 311. The standard InChI is InChI=1S/C9H15N5/c1-8(3-5-10)11-6-4-9-13-12-7-14(9)2/h7-8,11H,3-4,6H2,1-2H3. The highest BCUT2D eigenvalue weighted by atomic mass is 15.2. The molecule has 0 aliphatic heterocycles. The van der Waals surface area contributed by atoms with Gasteiger partial charge in [0.1, 0.15) is 12.2 Å². The van der Waals surface area contributed by atoms with Crippen molar-refractivity contribution in [1.82, 2.24) is 20.1 Å². The summed E-state index contributed by atoms with van der Waals surface area (Å²) in [4.78, 5) is 0. The molecular formula is C9H15N5. The average Bonchev–Trinajstić information content (AvgIpc) is 2.52. The van der Waals surface area contributed by atoms with Crippen LogP contribution in [0, 0.1) is 11.3 Å². The maximum atomic E-state index is 8.45. The molecule has 5 heteroatoms. The van der Waals surface area contributed by atoms with E-state index in [4.69, 9.17) is 5.26 Å². The molecule has 76 valence electrons. The molecule has 1 unspecified atom stereocenters. The van der Waals surface area contributed by atoms with Gasteiger partial charge in [0.05, 0.1) is 12.5 Å². The van der Waals surface area contributed by atoms with Crippen LogP contribution in [0.2, 0.25) is 0 Å². The Morgan fingerprint density at radius 2 is 2.50 bits per heavy atom. The van der Waals surface area contributed by atoms with E-state index in [9.17, 15) is 0 Å². The van der Waals surface area contributed by atoms with Gasteiger partial charge in [-0.15, -0.1) is 10.2 Å². The van der Waals surface area contributed by atoms with Gasteiger partial charge < -0.3 is 9.88 Å². The number of rotatable bonds is 5. The van der Waals surface area contributed by atoms with Gasteiger partial charge in [-0.2, -0.15) is 5.26 Å². The van der Waals surface area contributed by atoms with Crippen molar-refractivity contribution in [1.29, 1.82) is 5.26 Å². The van der Waals surface area contributed by atoms with Crippen molar-refractivity contribution in [2.24, 2.45) is 7.05 Å². The molecule has 1 atom stereocenters. The highest BCUT2D eigenvalue weighted by Gasteiger charge is 2.02. The molecule has 0 spiro atoms. The minimum Gasteiger partial charge on any atom is -0.321 e. The van der Waals surface area contributed by atoms with Crippen molar-refractivity contribution in [3.05, 3.63) is 12.2 Å². The first-order valence-electron chi connectivity index (χ1n) is 4.67. The molecular weight excluding hydrogens is 178 g/mol. The van der Waals surface area contributed by atoms with Crippen molar-refractivity contribution in [3.63, 3.8) is 0 Å². The van der Waals surface area contributed by atoms with E-state index >= 15 is 0 Å². The minimum atomic E-state index is 0.244. The number of nitrogens with one attached hydrogen (secondary N) is 1. The van der Waals surface area contributed by atoms with Crippen molar-refractivity contribution in [2.75, 3.05) is 6.54 Å². The Kier molecular flexibility index (Phi) is 4.08. The summed E-state index contributed by atoms with van der Waals surface area (Å²) in [6, 6.07) is 2.37. The summed E-state index contributed by atoms with van der Waals surface area (Å²) in [5.74, 6) is 0.960. The first-order valence-corrected chi connectivity index (χ1v) is 4.67. The predicted molar refractivity (Wildman–Crippen MR) is 52.4 cm³/mol. The molecule has 0 aromatic carbocycles. The van der Waals surface area contributed by atoms with Crippen LogP contribution in [-0.4, -0.2) is 27.4 Å². The molecule has 1 heterocycles. The van der Waals surface area contributed by atoms with Crippen LogP contribution in [0.5, 0.6) is 0 Å². The molecule has 0 radical (unpaired) electrons. The fourth-order valence-corrected chi connectivity index (χ4v) is 1.17. The quantitative estimate of drug-likeness (QED) is 0.728. The zero-order valence-corrected chi connectivity index (χ0v) is 8.56. The minimum absolute atomic E-state index is 0.244. The van der Waals surface area contributed by atoms with Crippen LogP contribution < -0.4 is 5.32 Å². The molecule has 0 amide bonds. The van der Waals surface area contributed by atoms with Gasteiger partial charge in [-0.05, 0) is 6.92 Å². The molecule has 0 aliphatic carbocycles. The predicted octanol–water partition coefficient (Wildman–Crippen LogP) is 0.249. The Morgan fingerprint density at radius 1 is 1.71 bits per heavy atom. The lowest BCUT2D eigenvalue weighted by atomic mass is 10.2. The van der Waals surface area contributed by atoms with Crippen molar-refractivity contribution < 1.29 is 0 Å². The first-order chi connectivity index (χ1) is 6.74. The Morgan fingerprint density at radius 3 is 3.07 bits per heavy atom. The van der Waals surface area contributed by atoms with E-state index < -0.39 is 0 Å². The lowest BCUT2D eigenvalue weighted by Gasteiger charge is -2.08. The SMILES string of the molecule is CC(CC#N)NCCc1nncn1C. The molecule has 0 bridgehead atoms. The fourth-order valence-electron chi connectivity index (χ4n) is 1.17. The fraction of sp³-hybridized carbons (Fsp3) is 0.667. The molecule has 14 heavy (non-hydrogen) atoms. The number of nitriles is 1. The van der Waals surface area contributed by atoms with E-state index in [1.807, 2.05) is 18.5 Å². The molecule has 1 aromatic rings. The average molecular weight is 193 g/mol. The van der Waals surface area contributed by atoms with Crippen LogP contribution in [0.3, 0.4) is 0 Å². The van der Waals surface area contributed by atoms with Gasteiger partial charge in [0, 0.05) is 26.1 Å². The normalized spacial score (nSPS) is 12.4. The van der Waals surface area contributed by atoms with Gasteiger partial charge in [-0.3, -0.25) is 0 Å². The second-order valence-corrected chi connectivity index (χ2v) is 3.33. The zero-order chi connectivity index (χ0) is 10.4. The summed E-state index contributed by atoms with van der Waals surface area (Å²) >= 11 is 0. The molecule has 0 saturated carbocycles. The van der Waals surface area contributed by atoms with E-state index in [1.165, 1.54) is 0 Å².